The van der Waals surface area contributed by atoms with Crippen LogP contribution in [-0.2, 0) is 5.41 Å². The molecule has 13 rings (SSSR count). The lowest BCUT2D eigenvalue weighted by atomic mass is 9.68. The topological polar surface area (TPSA) is 51.8 Å². The molecule has 9 aromatic carbocycles. The molecule has 11 aromatic rings. The van der Waals surface area contributed by atoms with E-state index in [0.29, 0.717) is 17.5 Å². The Labute approximate surface area is 358 Å². The van der Waals surface area contributed by atoms with E-state index in [9.17, 15) is 0 Å². The lowest BCUT2D eigenvalue weighted by Crippen LogP contribution is -2.26. The first-order chi connectivity index (χ1) is 30.8. The highest BCUT2D eigenvalue weighted by molar-refractivity contribution is 6.09. The minimum Gasteiger partial charge on any atom is -0.455 e. The molecule has 62 heavy (non-hydrogen) atoms. The lowest BCUT2D eigenvalue weighted by molar-refractivity contribution is 0.670. The summed E-state index contributed by atoms with van der Waals surface area (Å²) in [7, 11) is 0. The Morgan fingerprint density at radius 3 is 1.48 bits per heavy atom. The van der Waals surface area contributed by atoms with Gasteiger partial charge in [-0.15, -0.1) is 0 Å². The zero-order chi connectivity index (χ0) is 40.8. The van der Waals surface area contributed by atoms with Crippen molar-refractivity contribution in [1.29, 1.82) is 0 Å². The number of fused-ring (bicyclic) bond motifs is 13. The normalized spacial score (nSPS) is 13.0. The molecule has 2 aliphatic rings. The molecule has 0 fully saturated rings. The molecule has 288 valence electrons. The summed E-state index contributed by atoms with van der Waals surface area (Å²) >= 11 is 0. The van der Waals surface area contributed by atoms with Gasteiger partial charge in [-0.3, -0.25) is 0 Å². The number of hydrogen-bond acceptors (Lipinski definition) is 4. The molecule has 0 saturated carbocycles. The number of benzene rings is 9. The fourth-order valence-electron chi connectivity index (χ4n) is 10.4. The van der Waals surface area contributed by atoms with Crippen LogP contribution in [0.4, 0.5) is 0 Å². The zero-order valence-electron chi connectivity index (χ0n) is 33.5. The van der Waals surface area contributed by atoms with Crippen LogP contribution >= 0.6 is 0 Å². The summed E-state index contributed by atoms with van der Waals surface area (Å²) < 4.78 is 6.48. The first kappa shape index (κ1) is 34.6. The van der Waals surface area contributed by atoms with Crippen molar-refractivity contribution in [2.75, 3.05) is 0 Å². The molecule has 0 unspecified atom stereocenters. The maximum atomic E-state index is 6.48. The van der Waals surface area contributed by atoms with Crippen molar-refractivity contribution < 1.29 is 4.42 Å². The van der Waals surface area contributed by atoms with Gasteiger partial charge in [-0.25, -0.2) is 15.0 Å². The third-order valence-electron chi connectivity index (χ3n) is 13.0. The number of rotatable bonds is 5. The van der Waals surface area contributed by atoms with Crippen molar-refractivity contribution in [3.8, 4) is 78.7 Å². The van der Waals surface area contributed by atoms with Crippen molar-refractivity contribution >= 4 is 21.9 Å². The lowest BCUT2D eigenvalue weighted by Gasteiger charge is -2.32. The molecular formula is C58H35N3O. The molecule has 0 saturated heterocycles. The molecule has 2 aliphatic carbocycles. The Bertz CT molecular complexity index is 3540. The van der Waals surface area contributed by atoms with Crippen molar-refractivity contribution in [3.63, 3.8) is 0 Å². The Morgan fingerprint density at radius 1 is 0.306 bits per heavy atom. The van der Waals surface area contributed by atoms with Gasteiger partial charge in [-0.2, -0.15) is 0 Å². The summed E-state index contributed by atoms with van der Waals surface area (Å²) in [6, 6.07) is 75.5. The second kappa shape index (κ2) is 13.4. The summed E-state index contributed by atoms with van der Waals surface area (Å²) in [4.78, 5) is 15.8. The van der Waals surface area contributed by atoms with E-state index < -0.39 is 5.41 Å². The van der Waals surface area contributed by atoms with Gasteiger partial charge in [0, 0.05) is 33.0 Å². The standard InChI is InChI=1S/C58H35N3O/c1-2-17-36(18-3-1)55-59-56(38-20-14-19-37(35-38)39-27-15-30-47-44-25-9-13-34-52(44)62-54(39)47)61-57(60-55)48-26-5-4-21-40(48)45-28-16-29-46-43-24-8-12-33-51(43)58(53(45)46)49-31-10-6-22-41(49)42-23-7-11-32-50(42)58/h1-35H. The maximum absolute atomic E-state index is 6.48. The number of aromatic nitrogens is 3. The summed E-state index contributed by atoms with van der Waals surface area (Å²) in [6.45, 7) is 0. The fraction of sp³-hybridized carbons (Fsp3) is 0.0172. The van der Waals surface area contributed by atoms with Gasteiger partial charge < -0.3 is 4.42 Å². The highest BCUT2D eigenvalue weighted by Gasteiger charge is 2.52. The first-order valence-corrected chi connectivity index (χ1v) is 21.1. The molecule has 0 amide bonds. The van der Waals surface area contributed by atoms with Crippen LogP contribution in [0.25, 0.3) is 101 Å². The van der Waals surface area contributed by atoms with E-state index in [-0.39, 0.29) is 0 Å². The summed E-state index contributed by atoms with van der Waals surface area (Å²) in [5.74, 6) is 1.83. The quantitative estimate of drug-likeness (QED) is 0.174. The predicted molar refractivity (Wildman–Crippen MR) is 251 cm³/mol. The van der Waals surface area contributed by atoms with Gasteiger partial charge in [-0.05, 0) is 73.3 Å². The van der Waals surface area contributed by atoms with Gasteiger partial charge in [0.05, 0.1) is 5.41 Å². The average molecular weight is 790 g/mol. The minimum absolute atomic E-state index is 0.509. The molecule has 0 N–H and O–H groups in total. The summed E-state index contributed by atoms with van der Waals surface area (Å²) in [5, 5.41) is 2.20. The van der Waals surface area contributed by atoms with E-state index in [1.54, 1.807) is 0 Å². The number of furan rings is 1. The van der Waals surface area contributed by atoms with E-state index >= 15 is 0 Å². The SMILES string of the molecule is c1ccc(-c2nc(-c3cccc(-c4cccc5c4oc4ccccc45)c3)nc(-c3ccccc3-c3cccc4c3C3(c5ccccc5-c5ccccc53)c3ccccc3-4)n2)cc1. The monoisotopic (exact) mass is 789 g/mol. The zero-order valence-corrected chi connectivity index (χ0v) is 33.5. The van der Waals surface area contributed by atoms with Crippen LogP contribution in [0.2, 0.25) is 0 Å². The van der Waals surface area contributed by atoms with Crippen molar-refractivity contribution in [1.82, 2.24) is 15.0 Å². The van der Waals surface area contributed by atoms with E-state index in [1.807, 2.05) is 30.3 Å². The molecule has 0 aliphatic heterocycles. The second-order valence-corrected chi connectivity index (χ2v) is 16.2. The van der Waals surface area contributed by atoms with Gasteiger partial charge in [0.15, 0.2) is 17.5 Å². The number of hydrogen-bond donors (Lipinski definition) is 0. The highest BCUT2D eigenvalue weighted by Crippen LogP contribution is 2.64. The third-order valence-corrected chi connectivity index (χ3v) is 13.0. The van der Waals surface area contributed by atoms with Crippen LogP contribution in [0.1, 0.15) is 22.3 Å². The summed E-state index contributed by atoms with van der Waals surface area (Å²) in [6.07, 6.45) is 0. The van der Waals surface area contributed by atoms with E-state index in [0.717, 1.165) is 60.9 Å². The van der Waals surface area contributed by atoms with Crippen LogP contribution in [0.3, 0.4) is 0 Å². The highest BCUT2D eigenvalue weighted by atomic mass is 16.3. The van der Waals surface area contributed by atoms with Gasteiger partial charge in [0.25, 0.3) is 0 Å². The Morgan fingerprint density at radius 2 is 0.758 bits per heavy atom. The Hall–Kier alpha value is -8.21. The molecular weight excluding hydrogens is 755 g/mol. The second-order valence-electron chi connectivity index (χ2n) is 16.2. The molecule has 0 atom stereocenters. The van der Waals surface area contributed by atoms with E-state index in [4.69, 9.17) is 19.4 Å². The smallest absolute Gasteiger partial charge is 0.164 e. The first-order valence-electron chi connectivity index (χ1n) is 21.1. The Kier molecular flexibility index (Phi) is 7.49. The molecule has 1 spiro atoms. The largest absolute Gasteiger partial charge is 0.455 e. The molecule has 4 heteroatoms. The van der Waals surface area contributed by atoms with Gasteiger partial charge in [0.1, 0.15) is 11.2 Å². The number of nitrogens with zero attached hydrogens (tertiary/aromatic N) is 3. The van der Waals surface area contributed by atoms with Crippen molar-refractivity contribution in [2.45, 2.75) is 5.41 Å². The van der Waals surface area contributed by atoms with E-state index in [2.05, 4.69) is 182 Å². The van der Waals surface area contributed by atoms with E-state index in [1.165, 1.54) is 44.5 Å². The van der Waals surface area contributed by atoms with Gasteiger partial charge in [0.2, 0.25) is 0 Å². The summed E-state index contributed by atoms with van der Waals surface area (Å²) in [5.41, 5.74) is 18.5. The Balaban J connectivity index is 1.03. The number of para-hydroxylation sites is 2. The predicted octanol–water partition coefficient (Wildman–Crippen LogP) is 14.4. The fourth-order valence-corrected chi connectivity index (χ4v) is 10.4. The van der Waals surface area contributed by atoms with Crippen molar-refractivity contribution in [2.24, 2.45) is 0 Å². The van der Waals surface area contributed by atoms with Crippen LogP contribution in [-0.4, -0.2) is 15.0 Å². The molecule has 2 heterocycles. The van der Waals surface area contributed by atoms with Crippen molar-refractivity contribution in [3.05, 3.63) is 235 Å². The molecule has 0 radical (unpaired) electrons. The van der Waals surface area contributed by atoms with Gasteiger partial charge in [-0.1, -0.05) is 200 Å². The molecule has 2 aromatic heterocycles. The van der Waals surface area contributed by atoms with Crippen LogP contribution in [0, 0.1) is 0 Å². The van der Waals surface area contributed by atoms with Crippen LogP contribution in [0.5, 0.6) is 0 Å². The van der Waals surface area contributed by atoms with Crippen LogP contribution < -0.4 is 0 Å². The molecule has 4 nitrogen and oxygen atoms in total. The third kappa shape index (κ3) is 4.92. The average Bonchev–Trinajstić information content (AvgIpc) is 3.99. The van der Waals surface area contributed by atoms with Crippen LogP contribution in [0.15, 0.2) is 217 Å². The minimum atomic E-state index is -0.509. The van der Waals surface area contributed by atoms with Gasteiger partial charge >= 0.3 is 0 Å². The maximum Gasteiger partial charge on any atom is 0.164 e. The molecule has 0 bridgehead atoms.